The van der Waals surface area contributed by atoms with Crippen molar-refractivity contribution in [3.63, 3.8) is 0 Å². The van der Waals surface area contributed by atoms with Crippen LogP contribution in [0.2, 0.25) is 0 Å². The van der Waals surface area contributed by atoms with Crippen molar-refractivity contribution >= 4 is 23.4 Å². The minimum absolute atomic E-state index is 0.115. The summed E-state index contributed by atoms with van der Waals surface area (Å²) >= 11 is 1.50. The highest BCUT2D eigenvalue weighted by molar-refractivity contribution is 7.13. The van der Waals surface area contributed by atoms with Crippen molar-refractivity contribution in [1.82, 2.24) is 9.97 Å². The largest absolute Gasteiger partial charge is 0.497 e. The van der Waals surface area contributed by atoms with Gasteiger partial charge in [-0.3, -0.25) is 4.98 Å². The van der Waals surface area contributed by atoms with Gasteiger partial charge in [-0.25, -0.2) is 9.78 Å². The molecule has 0 unspecified atom stereocenters. The number of rotatable bonds is 9. The number of methoxy groups -OCH3 is 1. The quantitative estimate of drug-likeness (QED) is 0.242. The van der Waals surface area contributed by atoms with Gasteiger partial charge in [-0.15, -0.1) is 11.3 Å². The Morgan fingerprint density at radius 2 is 1.85 bits per heavy atom. The van der Waals surface area contributed by atoms with Gasteiger partial charge in [0.15, 0.2) is 0 Å². The van der Waals surface area contributed by atoms with E-state index in [1.807, 2.05) is 72.1 Å². The van der Waals surface area contributed by atoms with Crippen LogP contribution in [0.25, 0.3) is 16.6 Å². The second-order valence-electron chi connectivity index (χ2n) is 7.00. The summed E-state index contributed by atoms with van der Waals surface area (Å²) in [4.78, 5) is 20.9. The SMILES string of the molecule is COc1cccc(-c2nc(COC(=O)/C=C/c3ccc(OCc4ccccn4)cc3)cs2)c1. The van der Waals surface area contributed by atoms with Crippen molar-refractivity contribution in [2.45, 2.75) is 13.2 Å². The number of aromatic nitrogens is 2. The van der Waals surface area contributed by atoms with Gasteiger partial charge in [0.25, 0.3) is 0 Å². The van der Waals surface area contributed by atoms with E-state index >= 15 is 0 Å². The zero-order valence-electron chi connectivity index (χ0n) is 18.0. The van der Waals surface area contributed by atoms with E-state index in [2.05, 4.69) is 9.97 Å². The smallest absolute Gasteiger partial charge is 0.331 e. The first-order chi connectivity index (χ1) is 16.2. The molecule has 0 N–H and O–H groups in total. The molecule has 166 valence electrons. The Kier molecular flexibility index (Phi) is 7.45. The number of benzene rings is 2. The summed E-state index contributed by atoms with van der Waals surface area (Å²) in [6.07, 6.45) is 4.84. The third-order valence-corrected chi connectivity index (χ3v) is 5.58. The van der Waals surface area contributed by atoms with Gasteiger partial charge >= 0.3 is 5.97 Å². The maximum Gasteiger partial charge on any atom is 0.331 e. The number of pyridine rings is 1. The number of thiazole rings is 1. The molecule has 0 amide bonds. The molecule has 0 aliphatic carbocycles. The van der Waals surface area contributed by atoms with Crippen molar-refractivity contribution in [3.05, 3.63) is 101 Å². The van der Waals surface area contributed by atoms with Crippen LogP contribution >= 0.6 is 11.3 Å². The summed E-state index contributed by atoms with van der Waals surface area (Å²) in [6, 6.07) is 20.8. The second-order valence-corrected chi connectivity index (χ2v) is 7.85. The predicted octanol–water partition coefficient (Wildman–Crippen LogP) is 5.55. The lowest BCUT2D eigenvalue weighted by molar-refractivity contribution is -0.139. The Bertz CT molecular complexity index is 1220. The van der Waals surface area contributed by atoms with Crippen molar-refractivity contribution in [2.75, 3.05) is 7.11 Å². The maximum absolute atomic E-state index is 12.1. The Morgan fingerprint density at radius 1 is 0.970 bits per heavy atom. The fraction of sp³-hybridized carbons (Fsp3) is 0.115. The Balaban J connectivity index is 1.26. The molecule has 33 heavy (non-hydrogen) atoms. The van der Waals surface area contributed by atoms with Gasteiger partial charge in [0.05, 0.1) is 18.5 Å². The highest BCUT2D eigenvalue weighted by atomic mass is 32.1. The van der Waals surface area contributed by atoms with Crippen molar-refractivity contribution in [2.24, 2.45) is 0 Å². The molecule has 2 aromatic carbocycles. The lowest BCUT2D eigenvalue weighted by Crippen LogP contribution is -2.01. The Hall–Kier alpha value is -3.97. The number of esters is 1. The molecular formula is C26H22N2O4S. The van der Waals surface area contributed by atoms with E-state index in [1.54, 1.807) is 19.4 Å². The highest BCUT2D eigenvalue weighted by Crippen LogP contribution is 2.27. The van der Waals surface area contributed by atoms with Crippen molar-refractivity contribution < 1.29 is 19.0 Å². The van der Waals surface area contributed by atoms with Crippen LogP contribution < -0.4 is 9.47 Å². The summed E-state index contributed by atoms with van der Waals surface area (Å²) in [7, 11) is 1.63. The van der Waals surface area contributed by atoms with Gasteiger partial charge in [0, 0.05) is 23.2 Å². The third kappa shape index (κ3) is 6.51. The molecule has 0 spiro atoms. The van der Waals surface area contributed by atoms with Gasteiger partial charge in [-0.1, -0.05) is 30.3 Å². The molecule has 7 heteroatoms. The number of carbonyl (C=O) groups is 1. The molecule has 0 bridgehead atoms. The predicted molar refractivity (Wildman–Crippen MR) is 128 cm³/mol. The third-order valence-electron chi connectivity index (χ3n) is 4.64. The number of ether oxygens (including phenoxy) is 3. The molecule has 0 saturated heterocycles. The van der Waals surface area contributed by atoms with Crippen LogP contribution in [0.1, 0.15) is 17.0 Å². The summed E-state index contributed by atoms with van der Waals surface area (Å²) in [5, 5.41) is 2.73. The topological polar surface area (TPSA) is 70.5 Å². The molecule has 0 radical (unpaired) electrons. The minimum Gasteiger partial charge on any atom is -0.497 e. The van der Waals surface area contributed by atoms with Gasteiger partial charge in [-0.05, 0) is 48.0 Å². The standard InChI is InChI=1S/C26H22N2O4S/c1-30-24-7-4-5-20(15-24)26-28-22(18-33-26)17-32-25(29)13-10-19-8-11-23(12-9-19)31-16-21-6-2-3-14-27-21/h2-15,18H,16-17H2,1H3/b13-10+. The summed E-state index contributed by atoms with van der Waals surface area (Å²) < 4.78 is 16.3. The number of carbonyl (C=O) groups excluding carboxylic acids is 1. The van der Waals surface area contributed by atoms with E-state index in [0.717, 1.165) is 33.3 Å². The number of nitrogens with zero attached hydrogens (tertiary/aromatic N) is 2. The van der Waals surface area contributed by atoms with E-state index in [1.165, 1.54) is 17.4 Å². The van der Waals surface area contributed by atoms with Gasteiger partial charge in [-0.2, -0.15) is 0 Å². The van der Waals surface area contributed by atoms with Gasteiger partial charge < -0.3 is 14.2 Å². The van der Waals surface area contributed by atoms with Crippen LogP contribution in [0.15, 0.2) is 84.4 Å². The van der Waals surface area contributed by atoms with E-state index in [0.29, 0.717) is 12.3 Å². The molecule has 2 aromatic heterocycles. The minimum atomic E-state index is -0.429. The molecule has 0 atom stereocenters. The van der Waals surface area contributed by atoms with Crippen LogP contribution in [-0.2, 0) is 22.7 Å². The number of hydrogen-bond donors (Lipinski definition) is 0. The molecule has 4 aromatic rings. The number of hydrogen-bond acceptors (Lipinski definition) is 7. The Labute approximate surface area is 196 Å². The monoisotopic (exact) mass is 458 g/mol. The van der Waals surface area contributed by atoms with Crippen LogP contribution in [0.5, 0.6) is 11.5 Å². The summed E-state index contributed by atoms with van der Waals surface area (Å²) in [5.41, 5.74) is 3.39. The lowest BCUT2D eigenvalue weighted by Gasteiger charge is -2.05. The van der Waals surface area contributed by atoms with E-state index < -0.39 is 5.97 Å². The summed E-state index contributed by atoms with van der Waals surface area (Å²) in [6.45, 7) is 0.516. The van der Waals surface area contributed by atoms with Crippen LogP contribution in [-0.4, -0.2) is 23.0 Å². The molecule has 0 aliphatic rings. The molecule has 4 rings (SSSR count). The van der Waals surface area contributed by atoms with Crippen LogP contribution in [0.4, 0.5) is 0 Å². The summed E-state index contributed by atoms with van der Waals surface area (Å²) in [5.74, 6) is 1.07. The zero-order chi connectivity index (χ0) is 22.9. The fourth-order valence-electron chi connectivity index (χ4n) is 2.94. The molecule has 0 saturated carbocycles. The van der Waals surface area contributed by atoms with Gasteiger partial charge in [0.2, 0.25) is 0 Å². The second kappa shape index (κ2) is 11.1. The van der Waals surface area contributed by atoms with Crippen molar-refractivity contribution in [3.8, 4) is 22.1 Å². The Morgan fingerprint density at radius 3 is 2.64 bits per heavy atom. The molecule has 2 heterocycles. The fourth-order valence-corrected chi connectivity index (χ4v) is 3.74. The first-order valence-electron chi connectivity index (χ1n) is 10.3. The lowest BCUT2D eigenvalue weighted by atomic mass is 10.2. The first kappa shape index (κ1) is 22.2. The van der Waals surface area contributed by atoms with Crippen molar-refractivity contribution in [1.29, 1.82) is 0 Å². The van der Waals surface area contributed by atoms with Gasteiger partial charge in [0.1, 0.15) is 29.7 Å². The van der Waals surface area contributed by atoms with E-state index in [4.69, 9.17) is 14.2 Å². The molecule has 0 aliphatic heterocycles. The van der Waals surface area contributed by atoms with Crippen LogP contribution in [0, 0.1) is 0 Å². The average molecular weight is 459 g/mol. The average Bonchev–Trinajstić information content (AvgIpc) is 3.35. The highest BCUT2D eigenvalue weighted by Gasteiger charge is 2.07. The normalized spacial score (nSPS) is 10.8. The molecule has 6 nitrogen and oxygen atoms in total. The molecule has 0 fully saturated rings. The molecular weight excluding hydrogens is 436 g/mol. The zero-order valence-corrected chi connectivity index (χ0v) is 18.8. The first-order valence-corrected chi connectivity index (χ1v) is 11.1. The van der Waals surface area contributed by atoms with E-state index in [9.17, 15) is 4.79 Å². The van der Waals surface area contributed by atoms with E-state index in [-0.39, 0.29) is 6.61 Å². The van der Waals surface area contributed by atoms with Crippen LogP contribution in [0.3, 0.4) is 0 Å². The maximum atomic E-state index is 12.1.